The molecule has 57 heavy (non-hydrogen) atoms. The maximum atomic E-state index is 12.1. The van der Waals surface area contributed by atoms with Crippen molar-refractivity contribution in [2.75, 3.05) is 19.7 Å². The minimum atomic E-state index is -0.919. The Labute approximate surface area is 334 Å². The van der Waals surface area contributed by atoms with Gasteiger partial charge >= 0.3 is 6.09 Å². The number of carbonyl (C=O) groups is 1. The van der Waals surface area contributed by atoms with Gasteiger partial charge in [0.05, 0.1) is 25.9 Å². The predicted octanol–water partition coefficient (Wildman–Crippen LogP) is 11.0. The molecule has 0 radical (unpaired) electrons. The van der Waals surface area contributed by atoms with E-state index in [-0.39, 0.29) is 12.0 Å². The number of ether oxygens (including phenoxy) is 3. The monoisotopic (exact) mass is 753 g/mol. The Bertz CT molecular complexity index is 2250. The molecule has 1 amide bonds. The number of piperidine rings is 1. The summed E-state index contributed by atoms with van der Waals surface area (Å²) < 4.78 is 20.1. The van der Waals surface area contributed by atoms with Gasteiger partial charge in [-0.15, -0.1) is 0 Å². The summed E-state index contributed by atoms with van der Waals surface area (Å²) in [4.78, 5) is 13.6. The van der Waals surface area contributed by atoms with E-state index in [1.54, 1.807) is 0 Å². The smallest absolute Gasteiger partial charge is 0.407 e. The Kier molecular flexibility index (Phi) is 11.7. The van der Waals surface area contributed by atoms with Crippen LogP contribution in [0, 0.1) is 0 Å². The van der Waals surface area contributed by atoms with E-state index >= 15 is 0 Å². The van der Waals surface area contributed by atoms with Gasteiger partial charge < -0.3 is 24.2 Å². The number of carboxylic acid groups (broad SMARTS) is 1. The first-order valence-electron chi connectivity index (χ1n) is 19.7. The normalized spacial score (nSPS) is 15.7. The van der Waals surface area contributed by atoms with Crippen molar-refractivity contribution in [1.82, 2.24) is 4.90 Å². The molecule has 1 fully saturated rings. The largest absolute Gasteiger partial charge is 0.488 e. The number of fused-ring (bicyclic) bond motifs is 1. The molecular formula is C51H47NO5. The number of likely N-dealkylation sites (tertiary alicyclic amines) is 1. The summed E-state index contributed by atoms with van der Waals surface area (Å²) in [6, 6.07) is 62.6. The average Bonchev–Trinajstić information content (AvgIpc) is 3.28. The zero-order valence-corrected chi connectivity index (χ0v) is 32.0. The third-order valence-corrected chi connectivity index (χ3v) is 11.1. The number of benzene rings is 7. The van der Waals surface area contributed by atoms with Gasteiger partial charge in [0, 0.05) is 17.8 Å². The summed E-state index contributed by atoms with van der Waals surface area (Å²) in [5.74, 6) is 0.845. The van der Waals surface area contributed by atoms with Crippen molar-refractivity contribution < 1.29 is 24.1 Å². The summed E-state index contributed by atoms with van der Waals surface area (Å²) >= 11 is 0. The summed E-state index contributed by atoms with van der Waals surface area (Å²) in [6.07, 6.45) is 0.170. The van der Waals surface area contributed by atoms with Crippen LogP contribution in [-0.4, -0.2) is 41.9 Å². The molecule has 0 spiro atoms. The van der Waals surface area contributed by atoms with Crippen LogP contribution in [0.5, 0.6) is 5.75 Å². The molecular weight excluding hydrogens is 707 g/mol. The van der Waals surface area contributed by atoms with E-state index in [0.717, 1.165) is 56.3 Å². The van der Waals surface area contributed by atoms with Crippen LogP contribution in [0.3, 0.4) is 0 Å². The molecule has 0 aromatic heterocycles. The van der Waals surface area contributed by atoms with Crippen LogP contribution < -0.4 is 4.74 Å². The molecule has 2 unspecified atom stereocenters. The van der Waals surface area contributed by atoms with Crippen molar-refractivity contribution in [3.8, 4) is 5.75 Å². The van der Waals surface area contributed by atoms with Gasteiger partial charge in [-0.3, -0.25) is 0 Å². The Morgan fingerprint density at radius 3 is 1.82 bits per heavy atom. The number of nitrogens with zero attached hydrogens (tertiary/aromatic N) is 1. The molecule has 1 heterocycles. The highest BCUT2D eigenvalue weighted by Crippen LogP contribution is 2.41. The first-order chi connectivity index (χ1) is 28.1. The van der Waals surface area contributed by atoms with E-state index in [9.17, 15) is 9.90 Å². The number of hydrogen-bond acceptors (Lipinski definition) is 4. The van der Waals surface area contributed by atoms with Crippen LogP contribution in [0.25, 0.3) is 10.8 Å². The summed E-state index contributed by atoms with van der Waals surface area (Å²) in [7, 11) is 0. The van der Waals surface area contributed by atoms with E-state index in [2.05, 4.69) is 133 Å². The molecule has 0 saturated carbocycles. The fourth-order valence-electron chi connectivity index (χ4n) is 8.14. The second-order valence-electron chi connectivity index (χ2n) is 14.7. The van der Waals surface area contributed by atoms with Gasteiger partial charge in [0.15, 0.2) is 0 Å². The standard InChI is InChI=1S/C51H47NO5/c53-50(54)52-31-29-47(49(35-52)56-37-40-33-42-17-13-14-24-46(42)48(34-40)55-36-39-15-5-1-6-16-39)41-27-25-38(26-28-41)30-32-57-51(43-18-7-2-8-19-43,44-20-9-3-10-21-44)45-22-11-4-12-23-45/h1-28,33-34,47,49H,29-32,35-37H2,(H,53,54). The summed E-state index contributed by atoms with van der Waals surface area (Å²) in [5, 5.41) is 12.1. The Balaban J connectivity index is 0.986. The van der Waals surface area contributed by atoms with Gasteiger partial charge in [0.2, 0.25) is 0 Å². The molecule has 1 aliphatic heterocycles. The quantitative estimate of drug-likeness (QED) is 0.112. The van der Waals surface area contributed by atoms with Crippen molar-refractivity contribution >= 4 is 16.9 Å². The van der Waals surface area contributed by atoms with Crippen molar-refractivity contribution in [3.63, 3.8) is 0 Å². The number of rotatable bonds is 14. The summed E-state index contributed by atoms with van der Waals surface area (Å²) in [5.41, 5.74) is 6.86. The highest BCUT2D eigenvalue weighted by atomic mass is 16.5. The fourth-order valence-corrected chi connectivity index (χ4v) is 8.14. The van der Waals surface area contributed by atoms with Gasteiger partial charge in [-0.25, -0.2) is 4.79 Å². The van der Waals surface area contributed by atoms with Crippen molar-refractivity contribution in [3.05, 3.63) is 221 Å². The lowest BCUT2D eigenvalue weighted by Gasteiger charge is -2.37. The van der Waals surface area contributed by atoms with E-state index in [4.69, 9.17) is 14.2 Å². The van der Waals surface area contributed by atoms with Crippen LogP contribution in [0.15, 0.2) is 182 Å². The van der Waals surface area contributed by atoms with Crippen LogP contribution in [0.2, 0.25) is 0 Å². The lowest BCUT2D eigenvalue weighted by Crippen LogP contribution is -2.46. The van der Waals surface area contributed by atoms with Crippen molar-refractivity contribution in [1.29, 1.82) is 0 Å². The average molecular weight is 754 g/mol. The predicted molar refractivity (Wildman–Crippen MR) is 226 cm³/mol. The lowest BCUT2D eigenvalue weighted by atomic mass is 9.80. The Morgan fingerprint density at radius 1 is 0.632 bits per heavy atom. The maximum Gasteiger partial charge on any atom is 0.407 e. The first kappa shape index (κ1) is 37.7. The summed E-state index contributed by atoms with van der Waals surface area (Å²) in [6.45, 7) is 2.07. The van der Waals surface area contributed by atoms with E-state index in [1.807, 2.05) is 48.5 Å². The molecule has 1 aliphatic rings. The number of amides is 1. The third kappa shape index (κ3) is 8.63. The maximum absolute atomic E-state index is 12.1. The SMILES string of the molecule is O=C(O)N1CCC(c2ccc(CCOC(c3ccccc3)(c3ccccc3)c3ccccc3)cc2)C(OCc2cc(OCc3ccccc3)c3ccccc3c2)C1. The molecule has 0 bridgehead atoms. The molecule has 1 saturated heterocycles. The van der Waals surface area contributed by atoms with E-state index < -0.39 is 11.7 Å². The minimum absolute atomic E-state index is 0.0436. The van der Waals surface area contributed by atoms with E-state index in [1.165, 1.54) is 10.5 Å². The Hall–Kier alpha value is -6.21. The first-order valence-corrected chi connectivity index (χ1v) is 19.7. The molecule has 0 aliphatic carbocycles. The zero-order valence-electron chi connectivity index (χ0n) is 32.0. The van der Waals surface area contributed by atoms with Crippen LogP contribution in [0.1, 0.15) is 51.3 Å². The fraction of sp³-hybridized carbons (Fsp3) is 0.196. The molecule has 1 N–H and O–H groups in total. The van der Waals surface area contributed by atoms with Crippen LogP contribution in [0.4, 0.5) is 4.79 Å². The van der Waals surface area contributed by atoms with Crippen LogP contribution in [-0.2, 0) is 34.7 Å². The molecule has 286 valence electrons. The molecule has 2 atom stereocenters. The van der Waals surface area contributed by atoms with Crippen LogP contribution >= 0.6 is 0 Å². The van der Waals surface area contributed by atoms with Gasteiger partial charge in [0.25, 0.3) is 0 Å². The molecule has 7 aromatic carbocycles. The molecule has 6 nitrogen and oxygen atoms in total. The lowest BCUT2D eigenvalue weighted by molar-refractivity contribution is -0.0199. The number of hydrogen-bond donors (Lipinski definition) is 1. The van der Waals surface area contributed by atoms with Gasteiger partial charge in [-0.05, 0) is 69.3 Å². The van der Waals surface area contributed by atoms with Gasteiger partial charge in [0.1, 0.15) is 18.0 Å². The second-order valence-corrected chi connectivity index (χ2v) is 14.7. The van der Waals surface area contributed by atoms with Gasteiger partial charge in [-0.1, -0.05) is 170 Å². The Morgan fingerprint density at radius 2 is 1.21 bits per heavy atom. The third-order valence-electron chi connectivity index (χ3n) is 11.1. The second kappa shape index (κ2) is 17.7. The zero-order chi connectivity index (χ0) is 38.9. The molecule has 7 aromatic rings. The molecule has 6 heteroatoms. The topological polar surface area (TPSA) is 68.2 Å². The van der Waals surface area contributed by atoms with Gasteiger partial charge in [-0.2, -0.15) is 0 Å². The highest BCUT2D eigenvalue weighted by Gasteiger charge is 2.37. The van der Waals surface area contributed by atoms with Crippen molar-refractivity contribution in [2.24, 2.45) is 0 Å². The van der Waals surface area contributed by atoms with E-state index in [0.29, 0.717) is 39.3 Å². The highest BCUT2D eigenvalue weighted by molar-refractivity contribution is 5.89. The van der Waals surface area contributed by atoms with Crippen molar-refractivity contribution in [2.45, 2.75) is 43.7 Å². The molecule has 8 rings (SSSR count). The minimum Gasteiger partial charge on any atom is -0.488 e.